The van der Waals surface area contributed by atoms with E-state index in [1.54, 1.807) is 6.07 Å². The van der Waals surface area contributed by atoms with Gasteiger partial charge in [-0.3, -0.25) is 4.98 Å². The standard InChI is InChI=1S/C9H7NO4/c1-13-6-2-3-10-5-4-7(9(11)12)14-8(5)6/h2-4H,1H3,(H,11,12). The lowest BCUT2D eigenvalue weighted by molar-refractivity contribution is 0.0665. The predicted octanol–water partition coefficient (Wildman–Crippen LogP) is 1.53. The van der Waals surface area contributed by atoms with Crippen LogP contribution in [0.25, 0.3) is 11.1 Å². The summed E-state index contributed by atoms with van der Waals surface area (Å²) >= 11 is 0. The third kappa shape index (κ3) is 1.19. The SMILES string of the molecule is COc1ccnc2cc(C(=O)O)oc12. The first kappa shape index (κ1) is 8.55. The van der Waals surface area contributed by atoms with Crippen molar-refractivity contribution in [3.05, 3.63) is 24.1 Å². The molecular formula is C9H7NO4. The van der Waals surface area contributed by atoms with Gasteiger partial charge in [-0.05, 0) is 0 Å². The van der Waals surface area contributed by atoms with Gasteiger partial charge in [0.15, 0.2) is 11.3 Å². The van der Waals surface area contributed by atoms with E-state index in [9.17, 15) is 4.79 Å². The molecule has 0 radical (unpaired) electrons. The number of ether oxygens (including phenoxy) is 1. The maximum Gasteiger partial charge on any atom is 0.371 e. The van der Waals surface area contributed by atoms with Crippen LogP contribution in [-0.2, 0) is 0 Å². The van der Waals surface area contributed by atoms with Crippen molar-refractivity contribution in [2.45, 2.75) is 0 Å². The highest BCUT2D eigenvalue weighted by molar-refractivity contribution is 5.91. The second-order valence-electron chi connectivity index (χ2n) is 2.64. The summed E-state index contributed by atoms with van der Waals surface area (Å²) in [6, 6.07) is 2.97. The molecule has 0 spiro atoms. The van der Waals surface area contributed by atoms with Crippen molar-refractivity contribution in [2.75, 3.05) is 7.11 Å². The Labute approximate surface area is 78.9 Å². The summed E-state index contributed by atoms with van der Waals surface area (Å²) in [5, 5.41) is 8.69. The Bertz CT molecular complexity index is 489. The number of carboxylic acids is 1. The van der Waals surface area contributed by atoms with E-state index in [1.165, 1.54) is 19.4 Å². The highest BCUT2D eigenvalue weighted by Crippen LogP contribution is 2.26. The lowest BCUT2D eigenvalue weighted by atomic mass is 10.3. The van der Waals surface area contributed by atoms with Crippen molar-refractivity contribution in [1.82, 2.24) is 4.98 Å². The van der Waals surface area contributed by atoms with Crippen molar-refractivity contribution < 1.29 is 19.1 Å². The van der Waals surface area contributed by atoms with Crippen LogP contribution in [0, 0.1) is 0 Å². The van der Waals surface area contributed by atoms with Crippen LogP contribution in [0.3, 0.4) is 0 Å². The molecule has 0 aromatic carbocycles. The summed E-state index contributed by atoms with van der Waals surface area (Å²) in [6.45, 7) is 0. The van der Waals surface area contributed by atoms with E-state index < -0.39 is 5.97 Å². The molecule has 14 heavy (non-hydrogen) atoms. The number of pyridine rings is 1. The third-order valence-corrected chi connectivity index (χ3v) is 1.81. The zero-order chi connectivity index (χ0) is 10.1. The van der Waals surface area contributed by atoms with Gasteiger partial charge in [-0.15, -0.1) is 0 Å². The number of fused-ring (bicyclic) bond motifs is 1. The fourth-order valence-corrected chi connectivity index (χ4v) is 1.18. The van der Waals surface area contributed by atoms with Crippen LogP contribution in [0.15, 0.2) is 22.7 Å². The number of nitrogens with zero attached hydrogens (tertiary/aromatic N) is 1. The van der Waals surface area contributed by atoms with E-state index in [-0.39, 0.29) is 5.76 Å². The van der Waals surface area contributed by atoms with Crippen LogP contribution in [0.5, 0.6) is 5.75 Å². The Hall–Kier alpha value is -2.04. The quantitative estimate of drug-likeness (QED) is 0.782. The summed E-state index contributed by atoms with van der Waals surface area (Å²) in [4.78, 5) is 14.6. The van der Waals surface area contributed by atoms with Crippen molar-refractivity contribution in [3.63, 3.8) is 0 Å². The zero-order valence-electron chi connectivity index (χ0n) is 7.35. The maximum absolute atomic E-state index is 10.6. The maximum atomic E-state index is 10.6. The van der Waals surface area contributed by atoms with Gasteiger partial charge in [0, 0.05) is 18.3 Å². The van der Waals surface area contributed by atoms with Gasteiger partial charge in [0.05, 0.1) is 7.11 Å². The number of carbonyl (C=O) groups is 1. The van der Waals surface area contributed by atoms with Gasteiger partial charge in [0.1, 0.15) is 5.52 Å². The first-order valence-corrected chi connectivity index (χ1v) is 3.88. The first-order chi connectivity index (χ1) is 6.72. The Kier molecular flexibility index (Phi) is 1.85. The fraction of sp³-hybridized carbons (Fsp3) is 0.111. The van der Waals surface area contributed by atoms with E-state index in [1.807, 2.05) is 0 Å². The molecule has 0 unspecified atom stereocenters. The number of aromatic nitrogens is 1. The molecule has 0 saturated heterocycles. The molecular weight excluding hydrogens is 186 g/mol. The van der Waals surface area contributed by atoms with E-state index >= 15 is 0 Å². The molecule has 5 nitrogen and oxygen atoms in total. The van der Waals surface area contributed by atoms with E-state index in [0.29, 0.717) is 16.8 Å². The zero-order valence-corrected chi connectivity index (χ0v) is 7.35. The van der Waals surface area contributed by atoms with Crippen LogP contribution < -0.4 is 4.74 Å². The van der Waals surface area contributed by atoms with Crippen molar-refractivity contribution >= 4 is 17.1 Å². The lowest BCUT2D eigenvalue weighted by Gasteiger charge is -1.97. The molecule has 0 fully saturated rings. The molecule has 0 amide bonds. The Balaban J connectivity index is 2.70. The normalized spacial score (nSPS) is 10.4. The number of hydrogen-bond donors (Lipinski definition) is 1. The first-order valence-electron chi connectivity index (χ1n) is 3.88. The number of aromatic carboxylic acids is 1. The topological polar surface area (TPSA) is 72.6 Å². The molecule has 0 saturated carbocycles. The number of methoxy groups -OCH3 is 1. The van der Waals surface area contributed by atoms with Gasteiger partial charge < -0.3 is 14.3 Å². The molecule has 2 rings (SSSR count). The molecule has 0 aliphatic rings. The van der Waals surface area contributed by atoms with Crippen LogP contribution in [-0.4, -0.2) is 23.2 Å². The van der Waals surface area contributed by atoms with Crippen LogP contribution in [0.4, 0.5) is 0 Å². The van der Waals surface area contributed by atoms with Gasteiger partial charge in [-0.25, -0.2) is 4.79 Å². The van der Waals surface area contributed by atoms with E-state index in [2.05, 4.69) is 4.98 Å². The Morgan fingerprint density at radius 1 is 1.64 bits per heavy atom. The Morgan fingerprint density at radius 3 is 3.07 bits per heavy atom. The van der Waals surface area contributed by atoms with Crippen molar-refractivity contribution in [3.8, 4) is 5.75 Å². The van der Waals surface area contributed by atoms with Gasteiger partial charge in [0.25, 0.3) is 0 Å². The van der Waals surface area contributed by atoms with Gasteiger partial charge in [-0.1, -0.05) is 0 Å². The summed E-state index contributed by atoms with van der Waals surface area (Å²) in [5.41, 5.74) is 0.828. The fourth-order valence-electron chi connectivity index (χ4n) is 1.18. The summed E-state index contributed by atoms with van der Waals surface area (Å²) in [5.74, 6) is -0.787. The number of hydrogen-bond acceptors (Lipinski definition) is 4. The molecule has 2 heterocycles. The minimum absolute atomic E-state index is 0.142. The summed E-state index contributed by atoms with van der Waals surface area (Å²) in [6.07, 6.45) is 1.53. The molecule has 0 bridgehead atoms. The minimum atomic E-state index is -1.12. The number of furan rings is 1. The number of carboxylic acid groups (broad SMARTS) is 1. The average molecular weight is 193 g/mol. The number of rotatable bonds is 2. The third-order valence-electron chi connectivity index (χ3n) is 1.81. The predicted molar refractivity (Wildman–Crippen MR) is 47.5 cm³/mol. The smallest absolute Gasteiger partial charge is 0.371 e. The lowest BCUT2D eigenvalue weighted by Crippen LogP contribution is -1.91. The molecule has 2 aromatic rings. The molecule has 1 N–H and O–H groups in total. The minimum Gasteiger partial charge on any atom is -0.493 e. The second-order valence-corrected chi connectivity index (χ2v) is 2.64. The van der Waals surface area contributed by atoms with Crippen LogP contribution in [0.1, 0.15) is 10.6 Å². The van der Waals surface area contributed by atoms with Crippen LogP contribution in [0.2, 0.25) is 0 Å². The Morgan fingerprint density at radius 2 is 2.43 bits per heavy atom. The molecule has 5 heteroatoms. The monoisotopic (exact) mass is 193 g/mol. The van der Waals surface area contributed by atoms with Crippen molar-refractivity contribution in [1.29, 1.82) is 0 Å². The van der Waals surface area contributed by atoms with Gasteiger partial charge >= 0.3 is 5.97 Å². The van der Waals surface area contributed by atoms with Gasteiger partial charge in [0.2, 0.25) is 5.76 Å². The highest BCUT2D eigenvalue weighted by atomic mass is 16.5. The largest absolute Gasteiger partial charge is 0.493 e. The van der Waals surface area contributed by atoms with E-state index in [4.69, 9.17) is 14.3 Å². The van der Waals surface area contributed by atoms with Gasteiger partial charge in [-0.2, -0.15) is 0 Å². The molecule has 0 aliphatic carbocycles. The van der Waals surface area contributed by atoms with Crippen molar-refractivity contribution in [2.24, 2.45) is 0 Å². The summed E-state index contributed by atoms with van der Waals surface area (Å²) < 4.78 is 10.1. The molecule has 2 aromatic heterocycles. The van der Waals surface area contributed by atoms with Crippen LogP contribution >= 0.6 is 0 Å². The average Bonchev–Trinajstić information content (AvgIpc) is 2.60. The highest BCUT2D eigenvalue weighted by Gasteiger charge is 2.13. The summed E-state index contributed by atoms with van der Waals surface area (Å²) in [7, 11) is 1.48. The molecule has 72 valence electrons. The molecule has 0 atom stereocenters. The molecule has 0 aliphatic heterocycles. The van der Waals surface area contributed by atoms with E-state index in [0.717, 1.165) is 0 Å². The second kappa shape index (κ2) is 3.02.